The Morgan fingerprint density at radius 2 is 1.79 bits per heavy atom. The maximum atomic E-state index is 14.3. The van der Waals surface area contributed by atoms with Gasteiger partial charge < -0.3 is 43.7 Å². The maximum Gasteiger partial charge on any atom is 0.409 e. The van der Waals surface area contributed by atoms with Crippen molar-refractivity contribution in [1.82, 2.24) is 15.1 Å². The van der Waals surface area contributed by atoms with E-state index in [2.05, 4.69) is 5.32 Å². The van der Waals surface area contributed by atoms with Gasteiger partial charge in [-0.1, -0.05) is 42.3 Å². The van der Waals surface area contributed by atoms with Crippen LogP contribution in [0.3, 0.4) is 0 Å². The molecule has 0 radical (unpaired) electrons. The van der Waals surface area contributed by atoms with Crippen molar-refractivity contribution in [3.63, 3.8) is 0 Å². The lowest BCUT2D eigenvalue weighted by molar-refractivity contribution is -0.162. The molecule has 1 saturated carbocycles. The zero-order chi connectivity index (χ0) is 49.1. The number of carbonyl (C=O) groups is 7. The summed E-state index contributed by atoms with van der Waals surface area (Å²) in [5.41, 5.74) is -1.16. The van der Waals surface area contributed by atoms with Crippen molar-refractivity contribution in [3.8, 4) is 5.75 Å². The molecule has 4 heterocycles. The normalized spacial score (nSPS) is 31.8. The average molecular weight is 976 g/mol. The molecule has 9 atom stereocenters. The van der Waals surface area contributed by atoms with E-state index < -0.39 is 88.7 Å². The number of benzene rings is 1. The van der Waals surface area contributed by atoms with E-state index >= 15 is 0 Å². The Balaban J connectivity index is 1.16. The quantitative estimate of drug-likeness (QED) is 0.147. The van der Waals surface area contributed by atoms with Gasteiger partial charge in [-0.25, -0.2) is 9.59 Å². The molecule has 1 aromatic rings. The van der Waals surface area contributed by atoms with E-state index in [0.29, 0.717) is 43.5 Å². The third-order valence-corrected chi connectivity index (χ3v) is 15.6. The number of likely N-dealkylation sites (tertiary alicyclic amines) is 1. The van der Waals surface area contributed by atoms with E-state index in [1.54, 1.807) is 45.2 Å². The lowest BCUT2D eigenvalue weighted by Crippen LogP contribution is -2.63. The monoisotopic (exact) mass is 974 g/mol. The summed E-state index contributed by atoms with van der Waals surface area (Å²) in [6.07, 6.45) is 2.63. The fourth-order valence-corrected chi connectivity index (χ4v) is 10.9. The molecule has 1 aliphatic carbocycles. The molecule has 5 aliphatic rings. The summed E-state index contributed by atoms with van der Waals surface area (Å²) >= 11 is 8.00. The number of amides is 5. The zero-order valence-corrected chi connectivity index (χ0v) is 40.9. The number of halogens is 1. The van der Waals surface area contributed by atoms with Gasteiger partial charge in [0.1, 0.15) is 40.7 Å². The minimum absolute atomic E-state index is 0.00460. The molecule has 18 nitrogen and oxygen atoms in total. The minimum atomic E-state index is -1.88. The van der Waals surface area contributed by atoms with Crippen LogP contribution in [0.5, 0.6) is 5.75 Å². The lowest BCUT2D eigenvalue weighted by Gasteiger charge is -2.42. The largest absolute Gasteiger partial charge is 0.495 e. The fourth-order valence-electron chi connectivity index (χ4n) is 9.51. The van der Waals surface area contributed by atoms with E-state index in [-0.39, 0.29) is 60.7 Å². The Kier molecular flexibility index (Phi) is 16.4. The number of methoxy groups -OCH3 is 2. The van der Waals surface area contributed by atoms with Crippen LogP contribution in [0.25, 0.3) is 0 Å². The number of hydrogen-bond acceptors (Lipinski definition) is 14. The van der Waals surface area contributed by atoms with Gasteiger partial charge in [0.15, 0.2) is 5.72 Å². The molecular weight excluding hydrogens is 912 g/mol. The number of anilines is 1. The second kappa shape index (κ2) is 21.3. The van der Waals surface area contributed by atoms with Crippen LogP contribution < -0.4 is 15.0 Å². The van der Waals surface area contributed by atoms with Crippen LogP contribution in [0.15, 0.2) is 35.9 Å². The van der Waals surface area contributed by atoms with Crippen molar-refractivity contribution in [2.24, 2.45) is 17.8 Å². The number of thioether (sulfide) groups is 1. The number of ether oxygens (including phenoxy) is 5. The van der Waals surface area contributed by atoms with Gasteiger partial charge in [-0.15, -0.1) is 11.8 Å². The van der Waals surface area contributed by atoms with Crippen LogP contribution in [0, 0.1) is 17.8 Å². The number of carbonyl (C=O) groups excluding carboxylic acids is 6. The Bertz CT molecular complexity index is 2170. The van der Waals surface area contributed by atoms with Crippen molar-refractivity contribution in [1.29, 1.82) is 0 Å². The molecule has 3 N–H and O–H groups in total. The summed E-state index contributed by atoms with van der Waals surface area (Å²) in [5, 5.41) is 23.2. The Hall–Kier alpha value is -4.69. The molecule has 0 spiro atoms. The number of likely N-dealkylation sites (N-methyl/N-ethyl adjacent to an activating group) is 1. The SMILES string of the molecule is COc1cc2cc(c1Cl)N(C)C(=O)C[C@H](OC(=O)[C@H](C)N(C)C(=O)CCS[C@H]1CC(=O)N(CC3CCC(C(=O)O)CC3)C1=O)[C@]1(C)O[C@H]1[C@H](C)[C@@H]1C[C@@](O)(NC(=O)O1)[C@H](OC)C=CC=C(C)C2. The summed E-state index contributed by atoms with van der Waals surface area (Å²) in [6, 6.07) is 2.40. The molecule has 5 amide bonds. The van der Waals surface area contributed by atoms with Gasteiger partial charge in [-0.05, 0) is 76.5 Å². The second-order valence-corrected chi connectivity index (χ2v) is 20.3. The predicted molar refractivity (Wildman–Crippen MR) is 246 cm³/mol. The number of rotatable bonds is 12. The molecule has 67 heavy (non-hydrogen) atoms. The van der Waals surface area contributed by atoms with Crippen LogP contribution >= 0.6 is 23.4 Å². The molecule has 1 aromatic carbocycles. The van der Waals surface area contributed by atoms with E-state index in [1.807, 2.05) is 13.0 Å². The first kappa shape index (κ1) is 51.7. The number of carboxylic acid groups (broad SMARTS) is 1. The Morgan fingerprint density at radius 1 is 1.09 bits per heavy atom. The molecule has 4 bridgehead atoms. The molecule has 4 aliphatic heterocycles. The van der Waals surface area contributed by atoms with E-state index in [4.69, 9.17) is 35.3 Å². The number of aliphatic carboxylic acids is 1. The topological polar surface area (TPSA) is 231 Å². The van der Waals surface area contributed by atoms with Crippen LogP contribution in [0.4, 0.5) is 10.5 Å². The van der Waals surface area contributed by atoms with Crippen LogP contribution in [0.2, 0.25) is 5.02 Å². The van der Waals surface area contributed by atoms with Crippen molar-refractivity contribution in [3.05, 3.63) is 46.5 Å². The zero-order valence-electron chi connectivity index (χ0n) is 39.3. The lowest BCUT2D eigenvalue weighted by atomic mass is 9.82. The van der Waals surface area contributed by atoms with Gasteiger partial charge >= 0.3 is 18.0 Å². The predicted octanol–water partition coefficient (Wildman–Crippen LogP) is 4.66. The number of allylic oxidation sites excluding steroid dienone is 3. The van der Waals surface area contributed by atoms with Crippen LogP contribution in [-0.4, -0.2) is 149 Å². The molecule has 0 unspecified atom stereocenters. The Morgan fingerprint density at radius 3 is 2.45 bits per heavy atom. The highest BCUT2D eigenvalue weighted by atomic mass is 35.5. The summed E-state index contributed by atoms with van der Waals surface area (Å²) in [4.78, 5) is 96.2. The van der Waals surface area contributed by atoms with Gasteiger partial charge in [0.2, 0.25) is 23.6 Å². The number of nitrogens with one attached hydrogen (secondary N) is 1. The highest BCUT2D eigenvalue weighted by Crippen LogP contribution is 2.49. The van der Waals surface area contributed by atoms with E-state index in [1.165, 1.54) is 54.7 Å². The van der Waals surface area contributed by atoms with Crippen molar-refractivity contribution in [2.75, 3.05) is 45.5 Å². The minimum Gasteiger partial charge on any atom is -0.495 e. The van der Waals surface area contributed by atoms with Crippen molar-refractivity contribution in [2.45, 2.75) is 133 Å². The third kappa shape index (κ3) is 11.6. The van der Waals surface area contributed by atoms with E-state index in [9.17, 15) is 43.8 Å². The molecule has 6 rings (SSSR count). The van der Waals surface area contributed by atoms with Crippen molar-refractivity contribution >= 4 is 70.7 Å². The van der Waals surface area contributed by atoms with Gasteiger partial charge in [-0.3, -0.25) is 34.2 Å². The average Bonchev–Trinajstić information content (AvgIpc) is 3.91. The highest BCUT2D eigenvalue weighted by molar-refractivity contribution is 8.00. The number of nitrogens with zero attached hydrogens (tertiary/aromatic N) is 3. The summed E-state index contributed by atoms with van der Waals surface area (Å²) in [7, 11) is 5.87. The summed E-state index contributed by atoms with van der Waals surface area (Å²) in [6.45, 7) is 7.10. The van der Waals surface area contributed by atoms with Gasteiger partial charge in [0.25, 0.3) is 0 Å². The number of alkyl carbamates (subject to hydrolysis) is 1. The number of imide groups is 1. The Labute approximate surface area is 400 Å². The van der Waals surface area contributed by atoms with Gasteiger partial charge in [0.05, 0.1) is 36.5 Å². The molecule has 4 fully saturated rings. The molecule has 368 valence electrons. The number of aliphatic hydroxyl groups is 1. The number of carboxylic acids is 1. The first-order valence-corrected chi connectivity index (χ1v) is 24.1. The number of epoxide rings is 1. The standard InChI is InChI=1S/C47H63ClN4O14S/c1-25-10-9-11-35(63-8)47(61)23-33(64-45(60)49-47)26(2)41-46(4,66-41)36(22-38(54)51(6)31-19-29(18-25)20-32(62-7)40(31)48)65-44(59)27(3)50(5)37(53)16-17-67-34-21-39(55)52(42(34)56)24-28-12-14-30(15-13-28)43(57)58/h9-11,19-20,26-28,30,33-36,41,61H,12-18,21-24H2,1-8H3,(H,49,60)(H,57,58)/t26-,27+,28?,30?,33+,34+,35-,36+,41+,46+,47+/m1/s1. The first-order chi connectivity index (χ1) is 31.6. The van der Waals surface area contributed by atoms with Crippen LogP contribution in [-0.2, 0) is 54.1 Å². The number of esters is 1. The summed E-state index contributed by atoms with van der Waals surface area (Å²) in [5.74, 6) is -3.58. The van der Waals surface area contributed by atoms with Gasteiger partial charge in [-0.2, -0.15) is 0 Å². The smallest absolute Gasteiger partial charge is 0.409 e. The number of hydrogen-bond donors (Lipinski definition) is 3. The molecular formula is C47H63ClN4O14S. The molecule has 20 heteroatoms. The highest BCUT2D eigenvalue weighted by Gasteiger charge is 2.64. The fraction of sp³-hybridized carbons (Fsp3) is 0.638. The number of fused-ring (bicyclic) bond motifs is 5. The summed E-state index contributed by atoms with van der Waals surface area (Å²) < 4.78 is 29.4. The van der Waals surface area contributed by atoms with E-state index in [0.717, 1.165) is 11.1 Å². The molecule has 0 aromatic heterocycles. The third-order valence-electron chi connectivity index (χ3n) is 14.0. The second-order valence-electron chi connectivity index (χ2n) is 18.6. The molecule has 3 saturated heterocycles. The van der Waals surface area contributed by atoms with Gasteiger partial charge in [0, 0.05) is 58.7 Å². The maximum absolute atomic E-state index is 14.3. The van der Waals surface area contributed by atoms with Crippen LogP contribution in [0.1, 0.15) is 84.6 Å². The first-order valence-electron chi connectivity index (χ1n) is 22.6. The van der Waals surface area contributed by atoms with Crippen molar-refractivity contribution < 1.29 is 67.5 Å².